The zero-order valence-electron chi connectivity index (χ0n) is 75.7. The van der Waals surface area contributed by atoms with Crippen LogP contribution < -0.4 is 42.6 Å². The molecule has 6 N–H and O–H groups in total. The van der Waals surface area contributed by atoms with Crippen molar-refractivity contribution in [2.45, 2.75) is 45.4 Å². The van der Waals surface area contributed by atoms with E-state index in [2.05, 4.69) is 116 Å². The SMILES string of the molecule is CN(CCc1ccncc1)C(=O)c1csc2c(=O)[nH]c(-c3ccccn3)nc12.COc1cc2c(cc1OC)CCN(C(=O)c1csc3c(=O)[nH]c(-c4ccccn4)nc13)CC2.Cc1ccccc1-c1csc2c(=O)[nH]c(-c3ccccn3)nc12.O=C(NCCc1ccccc1)c1csc2c(=O)[nH]c(-c3ccccn3)nc12.O=C(c1csc2c(=O)[nH]c(-c3ccccn3)nc12)N1CCc2ccccc2CC1. The Bertz CT molecular complexity index is 8190. The number of pyridine rings is 6. The molecule has 0 unspecified atom stereocenters. The number of rotatable bonds is 18. The van der Waals surface area contributed by atoms with Crippen molar-refractivity contribution in [2.75, 3.05) is 60.5 Å². The number of hydrogen-bond donors (Lipinski definition) is 6. The number of fused-ring (bicyclic) bond motifs is 7. The van der Waals surface area contributed by atoms with Crippen LogP contribution >= 0.6 is 56.7 Å². The molecule has 0 saturated carbocycles. The Balaban J connectivity index is 0.000000116. The molecule has 36 heteroatoms. The van der Waals surface area contributed by atoms with Gasteiger partial charge in [0.05, 0.1) is 42.0 Å². The molecular formula is C104H86N20O11S5. The number of thiophene rings is 5. The number of aryl methyl sites for hydroxylation is 1. The monoisotopic (exact) mass is 1950 g/mol. The molecule has 4 amide bonds. The number of amides is 4. The van der Waals surface area contributed by atoms with Gasteiger partial charge in [-0.05, 0) is 175 Å². The van der Waals surface area contributed by atoms with Gasteiger partial charge < -0.3 is 54.4 Å². The van der Waals surface area contributed by atoms with Crippen LogP contribution in [0.25, 0.3) is 120 Å². The summed E-state index contributed by atoms with van der Waals surface area (Å²) in [6.07, 6.45) is 16.2. The number of likely N-dealkylation sites (N-methyl/N-ethyl adjacent to an activating group) is 1. The van der Waals surface area contributed by atoms with Crippen molar-refractivity contribution in [2.24, 2.45) is 0 Å². The minimum Gasteiger partial charge on any atom is -0.493 e. The average molecular weight is 1950 g/mol. The van der Waals surface area contributed by atoms with Gasteiger partial charge >= 0.3 is 0 Å². The second-order valence-corrected chi connectivity index (χ2v) is 36.6. The zero-order valence-corrected chi connectivity index (χ0v) is 79.8. The van der Waals surface area contributed by atoms with Crippen molar-refractivity contribution in [3.05, 3.63) is 377 Å². The molecule has 20 aromatic rings. The second-order valence-electron chi connectivity index (χ2n) is 32.3. The molecule has 698 valence electrons. The number of ether oxygens (including phenoxy) is 2. The summed E-state index contributed by atoms with van der Waals surface area (Å²) in [7, 11) is 4.98. The number of aromatic amines is 5. The van der Waals surface area contributed by atoms with Gasteiger partial charge in [0.2, 0.25) is 0 Å². The number of aromatic nitrogens is 16. The fourth-order valence-electron chi connectivity index (χ4n) is 16.1. The Hall–Kier alpha value is -16.5. The second kappa shape index (κ2) is 43.2. The molecule has 4 aromatic carbocycles. The number of carbonyl (C=O) groups excluding carboxylic acids is 4. The fraction of sp³-hybridized carbons (Fsp3) is 0.154. The third-order valence-corrected chi connectivity index (χ3v) is 28.3. The van der Waals surface area contributed by atoms with E-state index in [0.29, 0.717) is 189 Å². The zero-order chi connectivity index (χ0) is 96.7. The largest absolute Gasteiger partial charge is 0.493 e. The van der Waals surface area contributed by atoms with E-state index in [1.54, 1.807) is 140 Å². The van der Waals surface area contributed by atoms with Crippen LogP contribution in [0.5, 0.6) is 11.5 Å². The van der Waals surface area contributed by atoms with Crippen molar-refractivity contribution >= 4 is 131 Å². The first kappa shape index (κ1) is 93.8. The normalized spacial score (nSPS) is 12.1. The highest BCUT2D eigenvalue weighted by Gasteiger charge is 2.30. The van der Waals surface area contributed by atoms with Crippen LogP contribution in [-0.2, 0) is 38.5 Å². The van der Waals surface area contributed by atoms with Gasteiger partial charge in [0.1, 0.15) is 74.0 Å². The Kier molecular flexibility index (Phi) is 29.0. The molecular weight excluding hydrogens is 1870 g/mol. The molecule has 16 aromatic heterocycles. The molecule has 31 nitrogen and oxygen atoms in total. The molecule has 0 saturated heterocycles. The number of H-pyrrole nitrogens is 5. The van der Waals surface area contributed by atoms with Crippen molar-refractivity contribution in [1.29, 1.82) is 0 Å². The van der Waals surface area contributed by atoms with Gasteiger partial charge in [-0.3, -0.25) is 73.1 Å². The summed E-state index contributed by atoms with van der Waals surface area (Å²) in [6, 6.07) is 61.3. The molecule has 0 radical (unpaired) electrons. The summed E-state index contributed by atoms with van der Waals surface area (Å²) >= 11 is 6.35. The summed E-state index contributed by atoms with van der Waals surface area (Å²) in [5.74, 6) is 2.70. The van der Waals surface area contributed by atoms with Gasteiger partial charge in [-0.1, -0.05) is 109 Å². The lowest BCUT2D eigenvalue weighted by Gasteiger charge is -2.19. The van der Waals surface area contributed by atoms with E-state index in [9.17, 15) is 43.2 Å². The number of carbonyl (C=O) groups is 4. The van der Waals surface area contributed by atoms with E-state index >= 15 is 0 Å². The van der Waals surface area contributed by atoms with Crippen molar-refractivity contribution in [3.8, 4) is 80.2 Å². The standard InChI is InChI=1S/C24H22N4O4S.C22H18N4O2S.C20H17N5O2S.C20H16N4O2S.C18H13N3OS/c1-31-18-11-14-6-9-28(10-7-15(14)12-19(18)32-2)24(30)16-13-33-21-20(16)26-22(27-23(21)29)17-5-3-4-8-25-17;27-21-19-18(24-20(25-21)17-7-3-4-10-23-17)16(13-29-19)22(28)26-11-8-14-5-1-2-6-15(14)9-12-26;1-25(11-7-13-5-9-21-10-6-13)20(27)14-12-28-17-16(14)23-18(24-19(17)26)15-4-2-3-8-22-15;25-19(22-11-9-13-6-2-1-3-7-13)14-12-27-17-16(14)23-18(24-20(17)26)15-8-4-5-10-21-15;1-11-6-2-3-7-12(11)13-10-23-16-15(13)20-17(21-18(16)22)14-8-4-5-9-19-14/h3-5,8,11-13H,6-7,9-10H2,1-2H3,(H,26,27,29);1-7,10,13H,8-9,11-12H2,(H,24,25,27);2-6,8-10,12H,7,11H2,1H3,(H,23,24,26);1-8,10,12H,9,11H2,(H,22,25)(H,23,24,26);2-10H,1H3,(H,20,21,22). The lowest BCUT2D eigenvalue weighted by Crippen LogP contribution is -2.33. The van der Waals surface area contributed by atoms with E-state index in [0.717, 1.165) is 70.1 Å². The maximum absolute atomic E-state index is 13.5. The van der Waals surface area contributed by atoms with Crippen molar-refractivity contribution in [3.63, 3.8) is 0 Å². The predicted octanol–water partition coefficient (Wildman–Crippen LogP) is 16.4. The maximum atomic E-state index is 13.5. The van der Waals surface area contributed by atoms with Crippen LogP contribution in [0.2, 0.25) is 0 Å². The summed E-state index contributed by atoms with van der Waals surface area (Å²) in [5.41, 5.74) is 16.3. The fourth-order valence-corrected chi connectivity index (χ4v) is 20.5. The summed E-state index contributed by atoms with van der Waals surface area (Å²) in [5, 5.41) is 11.7. The molecule has 18 heterocycles. The Morgan fingerprint density at radius 3 is 1.12 bits per heavy atom. The first-order valence-corrected chi connectivity index (χ1v) is 48.8. The molecule has 2 aliphatic heterocycles. The third kappa shape index (κ3) is 21.0. The number of hydrogen-bond acceptors (Lipinski definition) is 27. The number of methoxy groups -OCH3 is 2. The summed E-state index contributed by atoms with van der Waals surface area (Å²) in [6.45, 7) is 5.56. The van der Waals surface area contributed by atoms with E-state index in [1.807, 2.05) is 137 Å². The van der Waals surface area contributed by atoms with Gasteiger partial charge in [0.25, 0.3) is 51.4 Å². The quantitative estimate of drug-likeness (QED) is 0.0464. The molecule has 0 spiro atoms. The topological polar surface area (TPSA) is 415 Å². The summed E-state index contributed by atoms with van der Waals surface area (Å²) in [4.78, 5) is 182. The van der Waals surface area contributed by atoms with Crippen LogP contribution in [0.15, 0.2) is 288 Å². The van der Waals surface area contributed by atoms with Crippen LogP contribution in [-0.4, -0.2) is 179 Å². The Morgan fingerprint density at radius 1 is 0.371 bits per heavy atom. The van der Waals surface area contributed by atoms with Crippen LogP contribution in [0.3, 0.4) is 0 Å². The molecule has 0 fully saturated rings. The minimum atomic E-state index is -0.271. The molecule has 0 aliphatic carbocycles. The van der Waals surface area contributed by atoms with Crippen LogP contribution in [0.1, 0.15) is 80.4 Å². The first-order chi connectivity index (χ1) is 68.4. The predicted molar refractivity (Wildman–Crippen MR) is 548 cm³/mol. The lowest BCUT2D eigenvalue weighted by molar-refractivity contribution is 0.0757. The molecule has 0 bridgehead atoms. The van der Waals surface area contributed by atoms with Gasteiger partial charge in [-0.25, -0.2) is 24.9 Å². The number of nitrogens with zero attached hydrogens (tertiary/aromatic N) is 14. The highest BCUT2D eigenvalue weighted by molar-refractivity contribution is 7.19. The highest BCUT2D eigenvalue weighted by atomic mass is 32.1. The van der Waals surface area contributed by atoms with E-state index in [1.165, 1.54) is 67.8 Å². The molecule has 22 rings (SSSR count). The first-order valence-electron chi connectivity index (χ1n) is 44.4. The number of nitrogens with one attached hydrogen (secondary N) is 6. The molecule has 2 aliphatic rings. The average Bonchev–Trinajstić information content (AvgIpc) is 1.65. The van der Waals surface area contributed by atoms with E-state index in [-0.39, 0.29) is 51.4 Å². The van der Waals surface area contributed by atoms with Gasteiger partial charge in [-0.15, -0.1) is 56.7 Å². The molecule has 0 atom stereocenters. The smallest absolute Gasteiger partial charge is 0.269 e. The van der Waals surface area contributed by atoms with Gasteiger partial charge in [-0.2, -0.15) is 0 Å². The lowest BCUT2D eigenvalue weighted by atomic mass is 10.0. The van der Waals surface area contributed by atoms with Gasteiger partial charge in [0.15, 0.2) is 40.6 Å². The van der Waals surface area contributed by atoms with E-state index < -0.39 is 0 Å². The Morgan fingerprint density at radius 2 is 0.714 bits per heavy atom. The number of benzene rings is 4. The van der Waals surface area contributed by atoms with Crippen LogP contribution in [0, 0.1) is 6.92 Å². The highest BCUT2D eigenvalue weighted by Crippen LogP contribution is 2.37. The van der Waals surface area contributed by atoms with E-state index in [4.69, 9.17) is 9.47 Å². The van der Waals surface area contributed by atoms with Crippen molar-refractivity contribution in [1.82, 2.24) is 99.8 Å². The maximum Gasteiger partial charge on any atom is 0.269 e. The van der Waals surface area contributed by atoms with Crippen LogP contribution in [0.4, 0.5) is 0 Å². The van der Waals surface area contributed by atoms with Gasteiger partial charge in [0, 0.05) is 122 Å². The van der Waals surface area contributed by atoms with Crippen molar-refractivity contribution < 1.29 is 28.7 Å². The third-order valence-electron chi connectivity index (χ3n) is 23.4. The minimum absolute atomic E-state index is 0.0749. The molecule has 140 heavy (non-hydrogen) atoms. The summed E-state index contributed by atoms with van der Waals surface area (Å²) < 4.78 is 13.3. The Labute approximate surface area is 817 Å².